The van der Waals surface area contributed by atoms with Crippen LogP contribution in [0.4, 0.5) is 0 Å². The number of hydrogen-bond donors (Lipinski definition) is 0. The quantitative estimate of drug-likeness (QED) is 0.111. The summed E-state index contributed by atoms with van der Waals surface area (Å²) in [5.41, 5.74) is 4.10. The standard InChI is InChI=1S/C33H36N5O6P/c1-5-43-45(39,44-6-2)19-17-27-21-37(29-12-8-7-9-13-29)36-33(27)42-23-26-15-16-30(31(20-26)40-4)41-24-28-22-38(35-25(28)3)32-14-10-11-18-34-32/h7-22H,5-6,23-24H2,1-4H3/b19-17+. The van der Waals surface area contributed by atoms with Gasteiger partial charge in [0.15, 0.2) is 17.3 Å². The maximum atomic E-state index is 13.1. The molecule has 12 heteroatoms. The third-order valence-electron chi connectivity index (χ3n) is 6.65. The molecule has 0 saturated heterocycles. The smallest absolute Gasteiger partial charge is 0.354 e. The molecule has 0 N–H and O–H groups in total. The van der Waals surface area contributed by atoms with Crippen molar-refractivity contribution in [1.82, 2.24) is 24.5 Å². The molecule has 5 aromatic rings. The first-order chi connectivity index (χ1) is 21.9. The van der Waals surface area contributed by atoms with Gasteiger partial charge in [-0.15, -0.1) is 5.10 Å². The van der Waals surface area contributed by atoms with Crippen LogP contribution in [-0.4, -0.2) is 44.9 Å². The highest BCUT2D eigenvalue weighted by atomic mass is 31.2. The van der Waals surface area contributed by atoms with Crippen LogP contribution < -0.4 is 14.2 Å². The largest absolute Gasteiger partial charge is 0.493 e. The van der Waals surface area contributed by atoms with Crippen LogP contribution in [-0.2, 0) is 26.8 Å². The lowest BCUT2D eigenvalue weighted by Gasteiger charge is -2.13. The van der Waals surface area contributed by atoms with Gasteiger partial charge in [0, 0.05) is 30.0 Å². The Hall–Kier alpha value is -4.70. The van der Waals surface area contributed by atoms with Gasteiger partial charge in [0.2, 0.25) is 5.88 Å². The van der Waals surface area contributed by atoms with E-state index in [1.165, 1.54) is 5.82 Å². The van der Waals surface area contributed by atoms with E-state index in [4.69, 9.17) is 23.3 Å². The Morgan fingerprint density at radius 2 is 1.62 bits per heavy atom. The van der Waals surface area contributed by atoms with Crippen molar-refractivity contribution >= 4 is 13.7 Å². The molecule has 45 heavy (non-hydrogen) atoms. The molecular formula is C33H36N5O6P. The van der Waals surface area contributed by atoms with E-state index in [-0.39, 0.29) is 19.8 Å². The van der Waals surface area contributed by atoms with Crippen molar-refractivity contribution < 1.29 is 27.8 Å². The summed E-state index contributed by atoms with van der Waals surface area (Å²) in [6, 6.07) is 20.9. The number of ether oxygens (including phenoxy) is 3. The molecule has 0 fully saturated rings. The zero-order valence-electron chi connectivity index (χ0n) is 25.7. The summed E-state index contributed by atoms with van der Waals surface area (Å²) in [5, 5.41) is 9.21. The molecule has 234 valence electrons. The van der Waals surface area contributed by atoms with E-state index in [1.807, 2.05) is 79.9 Å². The second-order valence-corrected chi connectivity index (χ2v) is 11.7. The summed E-state index contributed by atoms with van der Waals surface area (Å²) in [6.07, 6.45) is 7.10. The molecule has 0 bridgehead atoms. The van der Waals surface area contributed by atoms with Gasteiger partial charge in [-0.3, -0.25) is 4.57 Å². The van der Waals surface area contributed by atoms with Gasteiger partial charge in [0.25, 0.3) is 0 Å². The predicted molar refractivity (Wildman–Crippen MR) is 171 cm³/mol. The highest BCUT2D eigenvalue weighted by Gasteiger charge is 2.20. The fraction of sp³-hybridized carbons (Fsp3) is 0.242. The Kier molecular flexibility index (Phi) is 10.5. The van der Waals surface area contributed by atoms with Crippen LogP contribution in [0, 0.1) is 6.92 Å². The van der Waals surface area contributed by atoms with E-state index in [9.17, 15) is 4.57 Å². The molecule has 0 saturated carbocycles. The summed E-state index contributed by atoms with van der Waals surface area (Å²) in [4.78, 5) is 4.35. The lowest BCUT2D eigenvalue weighted by atomic mass is 10.2. The molecule has 11 nitrogen and oxygen atoms in total. The molecule has 0 unspecified atom stereocenters. The van der Waals surface area contributed by atoms with Gasteiger partial charge in [-0.05, 0) is 68.8 Å². The minimum Gasteiger partial charge on any atom is -0.493 e. The van der Waals surface area contributed by atoms with Crippen LogP contribution >= 0.6 is 7.60 Å². The predicted octanol–water partition coefficient (Wildman–Crippen LogP) is 7.16. The Morgan fingerprint density at radius 1 is 0.844 bits per heavy atom. The maximum Gasteiger partial charge on any atom is 0.354 e. The number of nitrogens with zero attached hydrogens (tertiary/aromatic N) is 5. The summed E-state index contributed by atoms with van der Waals surface area (Å²) < 4.78 is 45.2. The van der Waals surface area contributed by atoms with Crippen LogP contribution in [0.2, 0.25) is 0 Å². The van der Waals surface area contributed by atoms with Crippen molar-refractivity contribution in [3.63, 3.8) is 0 Å². The van der Waals surface area contributed by atoms with Crippen molar-refractivity contribution in [3.05, 3.63) is 114 Å². The monoisotopic (exact) mass is 629 g/mol. The number of pyridine rings is 1. The molecule has 0 radical (unpaired) electrons. The van der Waals surface area contributed by atoms with Crippen LogP contribution in [0.25, 0.3) is 17.6 Å². The first kappa shape index (κ1) is 31.7. The lowest BCUT2D eigenvalue weighted by molar-refractivity contribution is 0.229. The first-order valence-electron chi connectivity index (χ1n) is 14.5. The van der Waals surface area contributed by atoms with Crippen LogP contribution in [0.3, 0.4) is 0 Å². The van der Waals surface area contributed by atoms with E-state index in [0.29, 0.717) is 29.5 Å². The second kappa shape index (κ2) is 14.9. The Bertz CT molecular complexity index is 1760. The van der Waals surface area contributed by atoms with Gasteiger partial charge in [0.05, 0.1) is 37.3 Å². The highest BCUT2D eigenvalue weighted by Crippen LogP contribution is 2.50. The summed E-state index contributed by atoms with van der Waals surface area (Å²) in [6.45, 7) is 6.49. The molecule has 3 aromatic heterocycles. The van der Waals surface area contributed by atoms with Gasteiger partial charge in [-0.2, -0.15) is 5.10 Å². The topological polar surface area (TPSA) is 112 Å². The summed E-state index contributed by atoms with van der Waals surface area (Å²) >= 11 is 0. The minimum atomic E-state index is -3.42. The van der Waals surface area contributed by atoms with E-state index in [1.54, 1.807) is 48.8 Å². The average molecular weight is 630 g/mol. The number of aryl methyl sites for hydroxylation is 1. The third-order valence-corrected chi connectivity index (χ3v) is 8.40. The van der Waals surface area contributed by atoms with E-state index in [2.05, 4.69) is 15.2 Å². The third kappa shape index (κ3) is 8.07. The molecule has 3 heterocycles. The fourth-order valence-electron chi connectivity index (χ4n) is 4.44. The number of rotatable bonds is 15. The van der Waals surface area contributed by atoms with Gasteiger partial charge in [-0.1, -0.05) is 30.3 Å². The number of aromatic nitrogens is 5. The maximum absolute atomic E-state index is 13.1. The van der Waals surface area contributed by atoms with Gasteiger partial charge < -0.3 is 23.3 Å². The normalized spacial score (nSPS) is 11.6. The van der Waals surface area contributed by atoms with Crippen molar-refractivity contribution in [1.29, 1.82) is 0 Å². The van der Waals surface area contributed by atoms with Gasteiger partial charge in [0.1, 0.15) is 13.2 Å². The molecular weight excluding hydrogens is 593 g/mol. The number of hydrogen-bond acceptors (Lipinski definition) is 9. The number of methoxy groups -OCH3 is 1. The van der Waals surface area contributed by atoms with E-state index < -0.39 is 7.60 Å². The summed E-state index contributed by atoms with van der Waals surface area (Å²) in [5.74, 6) is 3.69. The van der Waals surface area contributed by atoms with Crippen molar-refractivity contribution in [3.8, 4) is 28.9 Å². The molecule has 0 spiro atoms. The van der Waals surface area contributed by atoms with Crippen LogP contribution in [0.5, 0.6) is 17.4 Å². The second-order valence-electron chi connectivity index (χ2n) is 9.80. The van der Waals surface area contributed by atoms with Crippen molar-refractivity contribution in [2.45, 2.75) is 34.0 Å². The highest BCUT2D eigenvalue weighted by molar-refractivity contribution is 7.57. The molecule has 5 rings (SSSR count). The zero-order valence-corrected chi connectivity index (χ0v) is 26.6. The van der Waals surface area contributed by atoms with Gasteiger partial charge >= 0.3 is 7.60 Å². The molecule has 0 aliphatic rings. The number of benzene rings is 2. The number of para-hydroxylation sites is 1. The van der Waals surface area contributed by atoms with E-state index >= 15 is 0 Å². The molecule has 2 aromatic carbocycles. The molecule has 0 atom stereocenters. The van der Waals surface area contributed by atoms with Crippen LogP contribution in [0.15, 0.2) is 91.1 Å². The van der Waals surface area contributed by atoms with Crippen molar-refractivity contribution in [2.24, 2.45) is 0 Å². The Balaban J connectivity index is 1.31. The average Bonchev–Trinajstić information content (AvgIpc) is 3.66. The first-order valence-corrected chi connectivity index (χ1v) is 16.1. The fourth-order valence-corrected chi connectivity index (χ4v) is 5.75. The van der Waals surface area contributed by atoms with Crippen molar-refractivity contribution in [2.75, 3.05) is 20.3 Å². The zero-order chi connectivity index (χ0) is 31.6. The molecule has 0 aliphatic heterocycles. The molecule has 0 amide bonds. The van der Waals surface area contributed by atoms with Gasteiger partial charge in [-0.25, -0.2) is 14.3 Å². The SMILES string of the molecule is CCOP(=O)(/C=C/c1cn(-c2ccccc2)nc1OCc1ccc(OCc2cn(-c3ccccn3)nc2C)c(OC)c1)OCC. The van der Waals surface area contributed by atoms with Crippen LogP contribution in [0.1, 0.15) is 36.2 Å². The lowest BCUT2D eigenvalue weighted by Crippen LogP contribution is -2.01. The molecule has 0 aliphatic carbocycles. The minimum absolute atomic E-state index is 0.202. The Morgan fingerprint density at radius 3 is 2.33 bits per heavy atom. The summed E-state index contributed by atoms with van der Waals surface area (Å²) in [7, 11) is -1.83. The Labute approximate surface area is 262 Å². The van der Waals surface area contributed by atoms with E-state index in [0.717, 1.165) is 28.3 Å².